The summed E-state index contributed by atoms with van der Waals surface area (Å²) >= 11 is 0. The molecule has 0 N–H and O–H groups in total. The third kappa shape index (κ3) is 3.36. The summed E-state index contributed by atoms with van der Waals surface area (Å²) in [6.07, 6.45) is 0.909. The van der Waals surface area contributed by atoms with Gasteiger partial charge in [0.15, 0.2) is 11.5 Å². The molecule has 27 heavy (non-hydrogen) atoms. The third-order valence-electron chi connectivity index (χ3n) is 4.53. The summed E-state index contributed by atoms with van der Waals surface area (Å²) in [4.78, 5) is 27.6. The van der Waals surface area contributed by atoms with Gasteiger partial charge in [0.2, 0.25) is 5.78 Å². The van der Waals surface area contributed by atoms with Gasteiger partial charge in [-0.25, -0.2) is 0 Å². The molecule has 140 valence electrons. The maximum atomic E-state index is 12.8. The molecule has 0 spiro atoms. The maximum absolute atomic E-state index is 12.8. The predicted molar refractivity (Wildman–Crippen MR) is 105 cm³/mol. The molecule has 1 aliphatic rings. The fraction of sp³-hybridized carbons (Fsp3) is 0.238. The van der Waals surface area contributed by atoms with Crippen molar-refractivity contribution in [3.63, 3.8) is 0 Å². The van der Waals surface area contributed by atoms with Crippen molar-refractivity contribution in [3.05, 3.63) is 64.9 Å². The van der Waals surface area contributed by atoms with E-state index in [1.807, 2.05) is 20.2 Å². The van der Waals surface area contributed by atoms with E-state index in [0.29, 0.717) is 40.0 Å². The molecule has 0 fully saturated rings. The van der Waals surface area contributed by atoms with Gasteiger partial charge in [-0.3, -0.25) is 9.59 Å². The van der Waals surface area contributed by atoms with Crippen LogP contribution in [-0.2, 0) is 0 Å². The maximum Gasteiger partial charge on any atom is 0.229 e. The number of furan rings is 1. The van der Waals surface area contributed by atoms with Crippen LogP contribution in [0.15, 0.2) is 46.9 Å². The molecule has 5 nitrogen and oxygen atoms in total. The number of hydrogen-bond acceptors (Lipinski definition) is 5. The molecule has 3 aromatic rings. The molecule has 2 aromatic carbocycles. The molecule has 6 heteroatoms. The molecule has 0 saturated carbocycles. The van der Waals surface area contributed by atoms with Gasteiger partial charge in [0.05, 0.1) is 12.2 Å². The van der Waals surface area contributed by atoms with Gasteiger partial charge in [-0.05, 0) is 32.6 Å². The van der Waals surface area contributed by atoms with Crippen molar-refractivity contribution in [2.45, 2.75) is 6.42 Å². The number of nitrogens with zero attached hydrogens (tertiary/aromatic N) is 1. The first-order valence-electron chi connectivity index (χ1n) is 8.59. The van der Waals surface area contributed by atoms with Gasteiger partial charge >= 0.3 is 0 Å². The zero-order chi connectivity index (χ0) is 18.3. The van der Waals surface area contributed by atoms with E-state index >= 15 is 0 Å². The van der Waals surface area contributed by atoms with Gasteiger partial charge < -0.3 is 14.1 Å². The summed E-state index contributed by atoms with van der Waals surface area (Å²) < 4.78 is 11.5. The molecule has 0 unspecified atom stereocenters. The second-order valence-electron chi connectivity index (χ2n) is 6.67. The molecule has 0 saturated heterocycles. The number of benzene rings is 2. The van der Waals surface area contributed by atoms with Crippen LogP contribution in [0, 0.1) is 0 Å². The number of rotatable bonds is 5. The zero-order valence-corrected chi connectivity index (χ0v) is 16.0. The second-order valence-corrected chi connectivity index (χ2v) is 6.67. The van der Waals surface area contributed by atoms with Crippen molar-refractivity contribution in [1.82, 2.24) is 4.90 Å². The lowest BCUT2D eigenvalue weighted by Gasteiger charge is -2.12. The van der Waals surface area contributed by atoms with Crippen LogP contribution in [0.2, 0.25) is 0 Å². The summed E-state index contributed by atoms with van der Waals surface area (Å²) in [5, 5.41) is 0.647. The first kappa shape index (κ1) is 19.1. The van der Waals surface area contributed by atoms with E-state index in [-0.39, 0.29) is 29.7 Å². The lowest BCUT2D eigenvalue weighted by Crippen LogP contribution is -2.19. The van der Waals surface area contributed by atoms with Gasteiger partial charge in [0, 0.05) is 29.1 Å². The highest BCUT2D eigenvalue weighted by Crippen LogP contribution is 2.36. The van der Waals surface area contributed by atoms with Crippen LogP contribution < -0.4 is 4.74 Å². The van der Waals surface area contributed by atoms with Crippen LogP contribution in [-0.4, -0.2) is 43.7 Å². The average Bonchev–Trinajstić information content (AvgIpc) is 3.02. The Morgan fingerprint density at radius 3 is 2.41 bits per heavy atom. The minimum absolute atomic E-state index is 0. The van der Waals surface area contributed by atoms with Crippen molar-refractivity contribution in [2.24, 2.45) is 0 Å². The van der Waals surface area contributed by atoms with E-state index in [1.54, 1.807) is 36.4 Å². The van der Waals surface area contributed by atoms with Crippen LogP contribution in [0.1, 0.15) is 38.5 Å². The fourth-order valence-corrected chi connectivity index (χ4v) is 3.26. The highest BCUT2D eigenvalue weighted by molar-refractivity contribution is 6.31. The van der Waals surface area contributed by atoms with Gasteiger partial charge in [-0.1, -0.05) is 24.3 Å². The van der Waals surface area contributed by atoms with Crippen molar-refractivity contribution < 1.29 is 18.7 Å². The predicted octanol–water partition coefficient (Wildman–Crippen LogP) is 3.96. The van der Waals surface area contributed by atoms with Gasteiger partial charge in [0.1, 0.15) is 11.3 Å². The largest absolute Gasteiger partial charge is 0.493 e. The Hall–Kier alpha value is -2.63. The first-order chi connectivity index (χ1) is 12.6. The molecule has 0 bridgehead atoms. The molecular weight excluding hydrogens is 366 g/mol. The standard InChI is InChI=1S/C21H19NO4.ClH/c1-22(2)10-5-11-25-13-8-9-16-17(12-13)26-21-18(16)19(23)14-6-3-4-7-15(14)20(21)24;/h3-4,6-9,12H,5,10-11H2,1-2H3;1H. The molecule has 0 radical (unpaired) electrons. The molecular formula is C21H20ClNO4. The Bertz CT molecular complexity index is 1020. The van der Waals surface area contributed by atoms with Crippen molar-refractivity contribution in [3.8, 4) is 5.75 Å². The summed E-state index contributed by atoms with van der Waals surface area (Å²) in [6, 6.07) is 12.2. The molecule has 1 heterocycles. The topological polar surface area (TPSA) is 59.8 Å². The van der Waals surface area contributed by atoms with Gasteiger partial charge in [0.25, 0.3) is 0 Å². The van der Waals surface area contributed by atoms with E-state index in [4.69, 9.17) is 9.15 Å². The summed E-state index contributed by atoms with van der Waals surface area (Å²) in [5.41, 5.74) is 1.67. The highest BCUT2D eigenvalue weighted by atomic mass is 35.5. The van der Waals surface area contributed by atoms with Crippen molar-refractivity contribution in [2.75, 3.05) is 27.2 Å². The van der Waals surface area contributed by atoms with E-state index in [0.717, 1.165) is 13.0 Å². The lowest BCUT2D eigenvalue weighted by molar-refractivity contribution is 0.0962. The highest BCUT2D eigenvalue weighted by Gasteiger charge is 2.34. The fourth-order valence-electron chi connectivity index (χ4n) is 3.26. The van der Waals surface area contributed by atoms with E-state index in [9.17, 15) is 9.59 Å². The number of hydrogen-bond donors (Lipinski definition) is 0. The minimum atomic E-state index is -0.250. The third-order valence-corrected chi connectivity index (χ3v) is 4.53. The van der Waals surface area contributed by atoms with E-state index in [2.05, 4.69) is 4.90 Å². The van der Waals surface area contributed by atoms with Crippen LogP contribution >= 0.6 is 12.4 Å². The Morgan fingerprint density at radius 2 is 1.70 bits per heavy atom. The summed E-state index contributed by atoms with van der Waals surface area (Å²) in [6.45, 7) is 1.53. The average molecular weight is 386 g/mol. The molecule has 4 rings (SSSR count). The van der Waals surface area contributed by atoms with Crippen LogP contribution in [0.4, 0.5) is 0 Å². The van der Waals surface area contributed by atoms with E-state index < -0.39 is 0 Å². The van der Waals surface area contributed by atoms with Gasteiger partial charge in [-0.15, -0.1) is 12.4 Å². The second kappa shape index (κ2) is 7.55. The number of ether oxygens (including phenoxy) is 1. The normalized spacial score (nSPS) is 12.7. The molecule has 0 aliphatic heterocycles. The summed E-state index contributed by atoms with van der Waals surface area (Å²) in [7, 11) is 4.04. The van der Waals surface area contributed by atoms with Crippen molar-refractivity contribution >= 4 is 34.9 Å². The molecule has 1 aromatic heterocycles. The van der Waals surface area contributed by atoms with Crippen LogP contribution in [0.25, 0.3) is 11.0 Å². The Kier molecular flexibility index (Phi) is 5.35. The SMILES string of the molecule is CN(C)CCCOc1ccc2c3c(oc2c1)C(=O)c1ccccc1C3=O.Cl. The number of halogens is 1. The Labute approximate surface area is 163 Å². The quantitative estimate of drug-likeness (QED) is 0.487. The zero-order valence-electron chi connectivity index (χ0n) is 15.2. The Morgan fingerprint density at radius 1 is 1.00 bits per heavy atom. The molecule has 0 atom stereocenters. The Balaban J connectivity index is 0.00000210. The van der Waals surface area contributed by atoms with Gasteiger partial charge in [-0.2, -0.15) is 0 Å². The van der Waals surface area contributed by atoms with Crippen LogP contribution in [0.3, 0.4) is 0 Å². The molecule has 1 aliphatic carbocycles. The first-order valence-corrected chi connectivity index (χ1v) is 8.59. The summed E-state index contributed by atoms with van der Waals surface area (Å²) in [5.74, 6) is 0.363. The monoisotopic (exact) mass is 385 g/mol. The van der Waals surface area contributed by atoms with Crippen molar-refractivity contribution in [1.29, 1.82) is 0 Å². The molecule has 0 amide bonds. The number of carbonyl (C=O) groups is 2. The van der Waals surface area contributed by atoms with Crippen LogP contribution in [0.5, 0.6) is 5.75 Å². The lowest BCUT2D eigenvalue weighted by atomic mass is 9.87. The smallest absolute Gasteiger partial charge is 0.229 e. The number of fused-ring (bicyclic) bond motifs is 4. The number of ketones is 2. The van der Waals surface area contributed by atoms with E-state index in [1.165, 1.54) is 0 Å². The minimum Gasteiger partial charge on any atom is -0.493 e. The number of carbonyl (C=O) groups excluding carboxylic acids is 2.